The van der Waals surface area contributed by atoms with Crippen LogP contribution in [0.1, 0.15) is 44.4 Å². The van der Waals surface area contributed by atoms with Crippen molar-refractivity contribution in [2.24, 2.45) is 0 Å². The van der Waals surface area contributed by atoms with E-state index in [1.165, 1.54) is 19.2 Å². The van der Waals surface area contributed by atoms with E-state index in [1.54, 1.807) is 6.07 Å². The Morgan fingerprint density at radius 2 is 1.55 bits per heavy atom. The predicted molar refractivity (Wildman–Crippen MR) is 109 cm³/mol. The fourth-order valence-corrected chi connectivity index (χ4v) is 2.66. The molecule has 0 radical (unpaired) electrons. The molecule has 4 nitrogen and oxygen atoms in total. The summed E-state index contributed by atoms with van der Waals surface area (Å²) in [5.41, 5.74) is 1.82. The molecule has 2 aromatic carbocycles. The Morgan fingerprint density at radius 1 is 0.897 bits per heavy atom. The van der Waals surface area contributed by atoms with E-state index < -0.39 is 11.7 Å². The van der Waals surface area contributed by atoms with Crippen molar-refractivity contribution in [3.63, 3.8) is 0 Å². The number of aryl methyl sites for hydroxylation is 2. The molecule has 0 aliphatic carbocycles. The minimum Gasteiger partial charge on any atom is -0.278 e. The highest BCUT2D eigenvalue weighted by atomic mass is 19.4. The first-order valence-corrected chi connectivity index (χ1v) is 9.38. The first-order chi connectivity index (χ1) is 13.8. The summed E-state index contributed by atoms with van der Waals surface area (Å²) < 4.78 is 50.2. The van der Waals surface area contributed by atoms with Gasteiger partial charge in [-0.25, -0.2) is 0 Å². The van der Waals surface area contributed by atoms with E-state index in [9.17, 15) is 17.6 Å². The zero-order chi connectivity index (χ0) is 22.2. The molecule has 0 saturated heterocycles. The van der Waals surface area contributed by atoms with Crippen molar-refractivity contribution in [3.05, 3.63) is 59.2 Å². The molecule has 8 heteroatoms. The number of aromatic amines is 2. The molecular weight excluding hydrogens is 384 g/mol. The highest BCUT2D eigenvalue weighted by Crippen LogP contribution is 2.34. The SMILES string of the molecule is CC.CC.Cc1c(C(F)(F)F)ccc2[nH]ncc12.Cc1cccc2n[nH]c(F)c12. The topological polar surface area (TPSA) is 57.4 Å². The Kier molecular flexibility index (Phi) is 8.82. The van der Waals surface area contributed by atoms with Crippen LogP contribution in [0.4, 0.5) is 17.6 Å². The molecule has 0 aliphatic heterocycles. The van der Waals surface area contributed by atoms with Crippen LogP contribution < -0.4 is 0 Å². The van der Waals surface area contributed by atoms with Crippen molar-refractivity contribution in [3.8, 4) is 0 Å². The zero-order valence-electron chi connectivity index (χ0n) is 17.4. The summed E-state index contributed by atoms with van der Waals surface area (Å²) in [5, 5.41) is 13.5. The average molecular weight is 410 g/mol. The monoisotopic (exact) mass is 410 g/mol. The molecule has 2 heterocycles. The lowest BCUT2D eigenvalue weighted by molar-refractivity contribution is -0.137. The normalized spacial score (nSPS) is 10.4. The summed E-state index contributed by atoms with van der Waals surface area (Å²) in [4.78, 5) is 0. The number of hydrogen-bond acceptors (Lipinski definition) is 2. The molecule has 4 rings (SSSR count). The van der Waals surface area contributed by atoms with Gasteiger partial charge in [-0.2, -0.15) is 27.8 Å². The van der Waals surface area contributed by atoms with Crippen LogP contribution in [0.3, 0.4) is 0 Å². The van der Waals surface area contributed by atoms with E-state index in [0.29, 0.717) is 21.8 Å². The number of halogens is 4. The highest BCUT2D eigenvalue weighted by molar-refractivity contribution is 5.83. The molecule has 29 heavy (non-hydrogen) atoms. The van der Waals surface area contributed by atoms with Crippen LogP contribution in [-0.2, 0) is 6.18 Å². The summed E-state index contributed by atoms with van der Waals surface area (Å²) in [7, 11) is 0. The van der Waals surface area contributed by atoms with E-state index >= 15 is 0 Å². The third-order valence-electron chi connectivity index (χ3n) is 3.94. The van der Waals surface area contributed by atoms with E-state index in [1.807, 2.05) is 46.8 Å². The van der Waals surface area contributed by atoms with Crippen molar-refractivity contribution in [2.45, 2.75) is 47.7 Å². The molecule has 2 N–H and O–H groups in total. The van der Waals surface area contributed by atoms with Gasteiger partial charge in [-0.05, 0) is 43.2 Å². The third-order valence-corrected chi connectivity index (χ3v) is 3.94. The third kappa shape index (κ3) is 5.56. The van der Waals surface area contributed by atoms with E-state index in [-0.39, 0.29) is 11.5 Å². The molecule has 0 spiro atoms. The fourth-order valence-electron chi connectivity index (χ4n) is 2.66. The molecule has 2 aromatic heterocycles. The molecule has 0 bridgehead atoms. The number of benzene rings is 2. The quantitative estimate of drug-likeness (QED) is 0.308. The van der Waals surface area contributed by atoms with Gasteiger partial charge in [0.25, 0.3) is 0 Å². The van der Waals surface area contributed by atoms with E-state index in [0.717, 1.165) is 11.6 Å². The first-order valence-electron chi connectivity index (χ1n) is 9.38. The molecule has 0 aliphatic rings. The molecule has 0 unspecified atom stereocenters. The standard InChI is InChI=1S/C9H7F3N2.C8H7FN2.2C2H6/c1-5-6-4-13-14-8(6)3-2-7(5)9(10,11)12;1-5-3-2-4-6-7(5)8(9)11-10-6;2*1-2/h2-4H,1H3,(H,13,14);2-4H,1H3,(H,10,11);2*1-2H3. The molecule has 0 amide bonds. The second kappa shape index (κ2) is 10.6. The van der Waals surface area contributed by atoms with Crippen LogP contribution in [0.25, 0.3) is 21.8 Å². The number of alkyl halides is 3. The van der Waals surface area contributed by atoms with Gasteiger partial charge in [-0.3, -0.25) is 10.2 Å². The lowest BCUT2D eigenvalue weighted by atomic mass is 10.0. The molecule has 0 fully saturated rings. The number of nitrogens with zero attached hydrogens (tertiary/aromatic N) is 2. The lowest BCUT2D eigenvalue weighted by Crippen LogP contribution is -2.07. The fraction of sp³-hybridized carbons (Fsp3) is 0.333. The molecule has 0 saturated carbocycles. The van der Waals surface area contributed by atoms with E-state index in [4.69, 9.17) is 0 Å². The maximum absolute atomic E-state index is 12.9. The number of rotatable bonds is 0. The number of nitrogens with one attached hydrogen (secondary N) is 2. The lowest BCUT2D eigenvalue weighted by Gasteiger charge is -2.09. The van der Waals surface area contributed by atoms with Crippen molar-refractivity contribution in [1.29, 1.82) is 0 Å². The summed E-state index contributed by atoms with van der Waals surface area (Å²) in [6, 6.07) is 7.95. The number of fused-ring (bicyclic) bond motifs is 2. The molecular formula is C21H26F4N4. The van der Waals surface area contributed by atoms with Gasteiger partial charge in [0.1, 0.15) is 0 Å². The van der Waals surface area contributed by atoms with Crippen molar-refractivity contribution in [1.82, 2.24) is 20.4 Å². The maximum atomic E-state index is 12.9. The summed E-state index contributed by atoms with van der Waals surface area (Å²) in [6.45, 7) is 11.3. The van der Waals surface area contributed by atoms with Gasteiger partial charge < -0.3 is 0 Å². The van der Waals surface area contributed by atoms with Gasteiger partial charge >= 0.3 is 6.18 Å². The second-order valence-corrected chi connectivity index (χ2v) is 5.57. The van der Waals surface area contributed by atoms with Crippen LogP contribution in [0.15, 0.2) is 36.5 Å². The largest absolute Gasteiger partial charge is 0.416 e. The van der Waals surface area contributed by atoms with Gasteiger partial charge in [-0.15, -0.1) is 0 Å². The van der Waals surface area contributed by atoms with Crippen LogP contribution in [0.5, 0.6) is 0 Å². The van der Waals surface area contributed by atoms with Gasteiger partial charge in [0, 0.05) is 5.39 Å². The summed E-state index contributed by atoms with van der Waals surface area (Å²) >= 11 is 0. The number of hydrogen-bond donors (Lipinski definition) is 2. The van der Waals surface area contributed by atoms with E-state index in [2.05, 4.69) is 20.4 Å². The Labute approximate surface area is 167 Å². The number of aromatic nitrogens is 4. The van der Waals surface area contributed by atoms with Crippen LogP contribution in [0.2, 0.25) is 0 Å². The smallest absolute Gasteiger partial charge is 0.278 e. The van der Waals surface area contributed by atoms with Gasteiger partial charge in [0.15, 0.2) is 0 Å². The molecule has 0 atom stereocenters. The summed E-state index contributed by atoms with van der Waals surface area (Å²) in [6.07, 6.45) is -2.89. The first kappa shape index (κ1) is 24.1. The van der Waals surface area contributed by atoms with Crippen LogP contribution in [-0.4, -0.2) is 20.4 Å². The average Bonchev–Trinajstić information content (AvgIpc) is 3.33. The predicted octanol–water partition coefficient (Wildman–Crippen LogP) is 6.95. The zero-order valence-corrected chi connectivity index (χ0v) is 17.4. The molecule has 4 aromatic rings. The minimum atomic E-state index is -4.30. The van der Waals surface area contributed by atoms with Crippen LogP contribution >= 0.6 is 0 Å². The van der Waals surface area contributed by atoms with Crippen molar-refractivity contribution in [2.75, 3.05) is 0 Å². The van der Waals surface area contributed by atoms with Crippen molar-refractivity contribution < 1.29 is 17.6 Å². The van der Waals surface area contributed by atoms with Gasteiger partial charge in [0.2, 0.25) is 5.95 Å². The van der Waals surface area contributed by atoms with Crippen molar-refractivity contribution >= 4 is 21.8 Å². The Balaban J connectivity index is 0.000000252. The maximum Gasteiger partial charge on any atom is 0.416 e. The Morgan fingerprint density at radius 3 is 2.14 bits per heavy atom. The Hall–Kier alpha value is -2.90. The highest BCUT2D eigenvalue weighted by Gasteiger charge is 2.32. The second-order valence-electron chi connectivity index (χ2n) is 5.57. The number of H-pyrrole nitrogens is 2. The van der Waals surface area contributed by atoms with Gasteiger partial charge in [0.05, 0.1) is 28.2 Å². The molecule has 158 valence electrons. The van der Waals surface area contributed by atoms with Gasteiger partial charge in [-0.1, -0.05) is 39.8 Å². The Bertz CT molecular complexity index is 1030. The summed E-state index contributed by atoms with van der Waals surface area (Å²) in [5.74, 6) is -0.349. The van der Waals surface area contributed by atoms with Crippen LogP contribution in [0, 0.1) is 19.8 Å². The minimum absolute atomic E-state index is 0.212.